The van der Waals surface area contributed by atoms with E-state index in [1.165, 1.54) is 12.8 Å². The Morgan fingerprint density at radius 3 is 2.38 bits per heavy atom. The van der Waals surface area contributed by atoms with Crippen molar-refractivity contribution >= 4 is 27.5 Å². The molecule has 3 nitrogen and oxygen atoms in total. The molecule has 1 aliphatic heterocycles. The molecule has 1 heterocycles. The molecule has 0 aromatic rings. The van der Waals surface area contributed by atoms with Gasteiger partial charge in [0.1, 0.15) is 0 Å². The molecule has 2 aliphatic rings. The first-order valence-electron chi connectivity index (χ1n) is 4.69. The fourth-order valence-corrected chi connectivity index (χ4v) is 3.21. The summed E-state index contributed by atoms with van der Waals surface area (Å²) in [5.41, 5.74) is 5.92. The van der Waals surface area contributed by atoms with Gasteiger partial charge in [0.2, 0.25) is 0 Å². The summed E-state index contributed by atoms with van der Waals surface area (Å²) in [7, 11) is 3.87. The third-order valence-electron chi connectivity index (χ3n) is 2.16. The smallest absolute Gasteiger partial charge is 0.191 e. The Morgan fingerprint density at radius 2 is 1.85 bits per heavy atom. The largest absolute Gasteiger partial charge is 0.370 e. The highest BCUT2D eigenvalue weighted by molar-refractivity contribution is 8.76. The number of hydrogen-bond acceptors (Lipinski definition) is 3. The van der Waals surface area contributed by atoms with Crippen molar-refractivity contribution in [3.8, 4) is 0 Å². The molecule has 1 saturated carbocycles. The Morgan fingerprint density at radius 1 is 1.23 bits per heavy atom. The summed E-state index contributed by atoms with van der Waals surface area (Å²) < 4.78 is 0. The first-order chi connectivity index (χ1) is 6.36. The van der Waals surface area contributed by atoms with E-state index in [9.17, 15) is 0 Å². The molecule has 13 heavy (non-hydrogen) atoms. The third-order valence-corrected chi connectivity index (χ3v) is 4.52. The molecule has 0 spiro atoms. The van der Waals surface area contributed by atoms with Gasteiger partial charge in [-0.1, -0.05) is 21.6 Å². The van der Waals surface area contributed by atoms with Gasteiger partial charge in [-0.15, -0.1) is 0 Å². The second kappa shape index (κ2) is 4.46. The molecule has 5 heteroatoms. The molecule has 2 N–H and O–H groups in total. The molecular formula is C8H15N3S2. The second-order valence-electron chi connectivity index (χ2n) is 3.35. The lowest BCUT2D eigenvalue weighted by atomic mass is 10.5. The van der Waals surface area contributed by atoms with E-state index in [0.29, 0.717) is 6.04 Å². The summed E-state index contributed by atoms with van der Waals surface area (Å²) in [5.74, 6) is 3.09. The summed E-state index contributed by atoms with van der Waals surface area (Å²) in [4.78, 5) is 6.67. The van der Waals surface area contributed by atoms with Crippen LogP contribution in [0.1, 0.15) is 12.8 Å². The predicted octanol–water partition coefficient (Wildman–Crippen LogP) is 1.16. The van der Waals surface area contributed by atoms with Crippen LogP contribution in [-0.2, 0) is 0 Å². The molecule has 2 fully saturated rings. The van der Waals surface area contributed by atoms with Crippen LogP contribution in [0, 0.1) is 0 Å². The Bertz CT molecular complexity index is 196. The van der Waals surface area contributed by atoms with E-state index in [1.807, 2.05) is 21.6 Å². The third kappa shape index (κ3) is 2.98. The lowest BCUT2D eigenvalue weighted by Crippen LogP contribution is -2.39. The van der Waals surface area contributed by atoms with E-state index >= 15 is 0 Å². The number of hydrogen-bond donors (Lipinski definition) is 1. The molecule has 0 amide bonds. The van der Waals surface area contributed by atoms with Crippen LogP contribution in [0.25, 0.3) is 0 Å². The molecule has 2 rings (SSSR count). The van der Waals surface area contributed by atoms with Crippen LogP contribution in [0.2, 0.25) is 0 Å². The molecule has 0 bridgehead atoms. The van der Waals surface area contributed by atoms with Crippen molar-refractivity contribution < 1.29 is 0 Å². The SMILES string of the molecule is NC(=NC1CC1)N1CCSSCC1. The summed E-state index contributed by atoms with van der Waals surface area (Å²) in [6, 6.07) is 0.545. The Balaban J connectivity index is 1.88. The average molecular weight is 217 g/mol. The van der Waals surface area contributed by atoms with Crippen LogP contribution in [-0.4, -0.2) is 41.5 Å². The van der Waals surface area contributed by atoms with E-state index in [2.05, 4.69) is 9.89 Å². The van der Waals surface area contributed by atoms with Gasteiger partial charge >= 0.3 is 0 Å². The Hall–Kier alpha value is -0.0300. The van der Waals surface area contributed by atoms with Crippen LogP contribution in [0.5, 0.6) is 0 Å². The minimum Gasteiger partial charge on any atom is -0.370 e. The van der Waals surface area contributed by atoms with Crippen LogP contribution in [0.15, 0.2) is 4.99 Å². The highest BCUT2D eigenvalue weighted by Gasteiger charge is 2.22. The monoisotopic (exact) mass is 217 g/mol. The maximum atomic E-state index is 5.92. The minimum atomic E-state index is 0.545. The minimum absolute atomic E-state index is 0.545. The molecular weight excluding hydrogens is 202 g/mol. The molecule has 1 aliphatic carbocycles. The van der Waals surface area contributed by atoms with Gasteiger partial charge in [0.05, 0.1) is 6.04 Å². The maximum Gasteiger partial charge on any atom is 0.191 e. The van der Waals surface area contributed by atoms with Gasteiger partial charge in [-0.3, -0.25) is 0 Å². The zero-order chi connectivity index (χ0) is 9.10. The fraction of sp³-hybridized carbons (Fsp3) is 0.875. The number of rotatable bonds is 1. The van der Waals surface area contributed by atoms with Gasteiger partial charge in [-0.05, 0) is 12.8 Å². The molecule has 0 radical (unpaired) electrons. The number of nitrogens with two attached hydrogens (primary N) is 1. The first-order valence-corrected chi connectivity index (χ1v) is 7.18. The molecule has 74 valence electrons. The summed E-state index contributed by atoms with van der Waals surface area (Å²) in [6.45, 7) is 2.11. The lowest BCUT2D eigenvalue weighted by Gasteiger charge is -2.20. The Labute approximate surface area is 86.9 Å². The van der Waals surface area contributed by atoms with E-state index < -0.39 is 0 Å². The van der Waals surface area contributed by atoms with E-state index in [-0.39, 0.29) is 0 Å². The second-order valence-corrected chi connectivity index (χ2v) is 6.05. The van der Waals surface area contributed by atoms with Crippen LogP contribution < -0.4 is 5.73 Å². The average Bonchev–Trinajstić information content (AvgIpc) is 2.87. The highest BCUT2D eigenvalue weighted by atomic mass is 33.1. The van der Waals surface area contributed by atoms with Crippen molar-refractivity contribution in [2.24, 2.45) is 10.7 Å². The molecule has 0 atom stereocenters. The maximum absolute atomic E-state index is 5.92. The Kier molecular flexibility index (Phi) is 3.27. The number of nitrogens with zero attached hydrogens (tertiary/aromatic N) is 2. The van der Waals surface area contributed by atoms with Crippen molar-refractivity contribution in [2.75, 3.05) is 24.6 Å². The standard InChI is InChI=1S/C8H15N3S2/c9-8(10-7-1-2-7)11-3-5-12-13-6-4-11/h7H,1-6H2,(H2,9,10). The van der Waals surface area contributed by atoms with Crippen LogP contribution in [0.3, 0.4) is 0 Å². The quantitative estimate of drug-likeness (QED) is 0.406. The van der Waals surface area contributed by atoms with Gasteiger partial charge in [-0.25, -0.2) is 4.99 Å². The van der Waals surface area contributed by atoms with E-state index in [4.69, 9.17) is 5.73 Å². The zero-order valence-corrected chi connectivity index (χ0v) is 9.24. The molecule has 0 aromatic heterocycles. The normalized spacial score (nSPS) is 25.8. The van der Waals surface area contributed by atoms with Crippen molar-refractivity contribution in [2.45, 2.75) is 18.9 Å². The topological polar surface area (TPSA) is 41.6 Å². The van der Waals surface area contributed by atoms with Crippen molar-refractivity contribution in [1.82, 2.24) is 4.90 Å². The predicted molar refractivity (Wildman–Crippen MR) is 61.1 cm³/mol. The fourth-order valence-electron chi connectivity index (χ4n) is 1.23. The van der Waals surface area contributed by atoms with Gasteiger partial charge in [0.25, 0.3) is 0 Å². The lowest BCUT2D eigenvalue weighted by molar-refractivity contribution is 0.467. The van der Waals surface area contributed by atoms with Crippen LogP contribution in [0.4, 0.5) is 0 Å². The number of aliphatic imine (C=N–C) groups is 1. The molecule has 0 aromatic carbocycles. The summed E-state index contributed by atoms with van der Waals surface area (Å²) in [5, 5.41) is 0. The summed E-state index contributed by atoms with van der Waals surface area (Å²) in [6.07, 6.45) is 2.47. The van der Waals surface area contributed by atoms with Crippen molar-refractivity contribution in [3.05, 3.63) is 0 Å². The van der Waals surface area contributed by atoms with Gasteiger partial charge < -0.3 is 10.6 Å². The molecule has 0 unspecified atom stereocenters. The van der Waals surface area contributed by atoms with Crippen molar-refractivity contribution in [3.63, 3.8) is 0 Å². The van der Waals surface area contributed by atoms with Gasteiger partial charge in [-0.2, -0.15) is 0 Å². The summed E-state index contributed by atoms with van der Waals surface area (Å²) >= 11 is 0. The van der Waals surface area contributed by atoms with Crippen LogP contribution >= 0.6 is 21.6 Å². The number of guanidine groups is 1. The van der Waals surface area contributed by atoms with E-state index in [0.717, 1.165) is 30.6 Å². The van der Waals surface area contributed by atoms with E-state index in [1.54, 1.807) is 0 Å². The first kappa shape index (κ1) is 9.52. The van der Waals surface area contributed by atoms with Crippen molar-refractivity contribution in [1.29, 1.82) is 0 Å². The molecule has 1 saturated heterocycles. The van der Waals surface area contributed by atoms with Gasteiger partial charge in [0.15, 0.2) is 5.96 Å². The highest BCUT2D eigenvalue weighted by Crippen LogP contribution is 2.25. The zero-order valence-electron chi connectivity index (χ0n) is 7.61. The van der Waals surface area contributed by atoms with Gasteiger partial charge in [0, 0.05) is 24.6 Å².